The van der Waals surface area contributed by atoms with Gasteiger partial charge in [0.05, 0.1) is 7.11 Å². The van der Waals surface area contributed by atoms with Crippen LogP contribution in [0.25, 0.3) is 0 Å². The van der Waals surface area contributed by atoms with Gasteiger partial charge in [0, 0.05) is 51.7 Å². The molecular weight excluding hydrogens is 533 g/mol. The Morgan fingerprint density at radius 1 is 1.16 bits per heavy atom. The van der Waals surface area contributed by atoms with Crippen molar-refractivity contribution in [1.82, 2.24) is 20.2 Å². The van der Waals surface area contributed by atoms with E-state index in [1.165, 1.54) is 7.11 Å². The predicted molar refractivity (Wildman–Crippen MR) is 131 cm³/mol. The number of alkyl halides is 2. The van der Waals surface area contributed by atoms with Crippen molar-refractivity contribution in [2.75, 3.05) is 51.3 Å². The summed E-state index contributed by atoms with van der Waals surface area (Å²) < 4.78 is 34.9. The van der Waals surface area contributed by atoms with Crippen molar-refractivity contribution in [1.29, 1.82) is 0 Å². The largest absolute Gasteiger partial charge is 0.493 e. The van der Waals surface area contributed by atoms with E-state index in [2.05, 4.69) is 29.8 Å². The Hall–Kier alpha value is -2.44. The minimum absolute atomic E-state index is 0. The molecule has 11 heteroatoms. The first-order valence-electron chi connectivity index (χ1n) is 10.3. The molecule has 176 valence electrons. The molecule has 0 unspecified atom stereocenters. The van der Waals surface area contributed by atoms with Crippen LogP contribution in [0.3, 0.4) is 0 Å². The van der Waals surface area contributed by atoms with Gasteiger partial charge in [0.25, 0.3) is 0 Å². The van der Waals surface area contributed by atoms with E-state index in [0.717, 1.165) is 50.2 Å². The average Bonchev–Trinajstić information content (AvgIpc) is 2.79. The first-order chi connectivity index (χ1) is 15.1. The van der Waals surface area contributed by atoms with Crippen molar-refractivity contribution in [2.45, 2.75) is 20.0 Å². The number of aliphatic imine (C=N–C) groups is 1. The van der Waals surface area contributed by atoms with E-state index in [1.54, 1.807) is 30.6 Å². The number of methoxy groups -OCH3 is 1. The zero-order chi connectivity index (χ0) is 22.1. The van der Waals surface area contributed by atoms with Gasteiger partial charge in [0.15, 0.2) is 17.5 Å². The summed E-state index contributed by atoms with van der Waals surface area (Å²) in [6.45, 7) is 3.63. The van der Waals surface area contributed by atoms with Crippen LogP contribution in [0.15, 0.2) is 41.7 Å². The van der Waals surface area contributed by atoms with Crippen molar-refractivity contribution >= 4 is 35.9 Å². The van der Waals surface area contributed by atoms with Crippen LogP contribution in [0.2, 0.25) is 0 Å². The number of guanidine groups is 1. The summed E-state index contributed by atoms with van der Waals surface area (Å²) in [5, 5.41) is 3.33. The van der Waals surface area contributed by atoms with Crippen LogP contribution < -0.4 is 19.7 Å². The number of aromatic nitrogens is 2. The van der Waals surface area contributed by atoms with Crippen molar-refractivity contribution in [2.24, 2.45) is 4.99 Å². The van der Waals surface area contributed by atoms with Crippen LogP contribution in [-0.2, 0) is 6.42 Å². The molecular formula is C21H29F2IN6O2. The Labute approximate surface area is 204 Å². The maximum absolute atomic E-state index is 12.6. The molecule has 0 aliphatic carbocycles. The molecule has 1 aliphatic heterocycles. The summed E-state index contributed by atoms with van der Waals surface area (Å²) in [6, 6.07) is 6.85. The molecule has 1 N–H and O–H groups in total. The monoisotopic (exact) mass is 562 g/mol. The molecule has 0 spiro atoms. The lowest BCUT2D eigenvalue weighted by Crippen LogP contribution is -2.53. The number of anilines is 1. The highest BCUT2D eigenvalue weighted by molar-refractivity contribution is 14.0. The molecule has 8 nitrogen and oxygen atoms in total. The van der Waals surface area contributed by atoms with Crippen molar-refractivity contribution in [3.63, 3.8) is 0 Å². The van der Waals surface area contributed by atoms with Gasteiger partial charge in [0.2, 0.25) is 5.95 Å². The number of halogens is 3. The van der Waals surface area contributed by atoms with Crippen LogP contribution in [0.5, 0.6) is 11.5 Å². The SMILES string of the molecule is CCNC(=NCCc1ccc(OC)c(OC(F)F)c1)N1CCN(c2ncccn2)CC1.I. The highest BCUT2D eigenvalue weighted by Crippen LogP contribution is 2.29. The molecule has 0 amide bonds. The van der Waals surface area contributed by atoms with Crippen LogP contribution in [0.1, 0.15) is 12.5 Å². The van der Waals surface area contributed by atoms with E-state index in [4.69, 9.17) is 9.73 Å². The quantitative estimate of drug-likeness (QED) is 0.301. The van der Waals surface area contributed by atoms with E-state index >= 15 is 0 Å². The fraction of sp³-hybridized carbons (Fsp3) is 0.476. The van der Waals surface area contributed by atoms with Crippen molar-refractivity contribution in [3.05, 3.63) is 42.2 Å². The second-order valence-corrected chi connectivity index (χ2v) is 6.87. The van der Waals surface area contributed by atoms with Crippen molar-refractivity contribution in [3.8, 4) is 11.5 Å². The Kier molecular flexibility index (Phi) is 10.6. The number of nitrogens with zero attached hydrogens (tertiary/aromatic N) is 5. The van der Waals surface area contributed by atoms with E-state index in [-0.39, 0.29) is 35.5 Å². The highest BCUT2D eigenvalue weighted by atomic mass is 127. The zero-order valence-corrected chi connectivity index (χ0v) is 20.5. The summed E-state index contributed by atoms with van der Waals surface area (Å²) in [6.07, 6.45) is 4.09. The Morgan fingerprint density at radius 2 is 1.88 bits per heavy atom. The molecule has 32 heavy (non-hydrogen) atoms. The topological polar surface area (TPSA) is 75.1 Å². The van der Waals surface area contributed by atoms with Crippen molar-refractivity contribution < 1.29 is 18.3 Å². The second-order valence-electron chi connectivity index (χ2n) is 6.87. The van der Waals surface area contributed by atoms with Gasteiger partial charge >= 0.3 is 6.61 Å². The third-order valence-electron chi connectivity index (χ3n) is 4.86. The minimum Gasteiger partial charge on any atom is -0.493 e. The van der Waals surface area contributed by atoms with E-state index < -0.39 is 6.61 Å². The normalized spacial score (nSPS) is 14.2. The lowest BCUT2D eigenvalue weighted by atomic mass is 10.1. The third kappa shape index (κ3) is 7.31. The van der Waals surface area contributed by atoms with Gasteiger partial charge in [-0.1, -0.05) is 6.07 Å². The third-order valence-corrected chi connectivity index (χ3v) is 4.86. The van der Waals surface area contributed by atoms with Gasteiger partial charge in [-0.2, -0.15) is 8.78 Å². The fourth-order valence-corrected chi connectivity index (χ4v) is 3.35. The van der Waals surface area contributed by atoms with Gasteiger partial charge in [-0.3, -0.25) is 4.99 Å². The van der Waals surface area contributed by atoms with Crippen LogP contribution in [-0.4, -0.2) is 73.8 Å². The molecule has 2 aromatic rings. The summed E-state index contributed by atoms with van der Waals surface area (Å²) >= 11 is 0. The molecule has 0 bridgehead atoms. The lowest BCUT2D eigenvalue weighted by Gasteiger charge is -2.36. The number of hydrogen-bond donors (Lipinski definition) is 1. The Bertz CT molecular complexity index is 851. The Balaban J connectivity index is 0.00000363. The van der Waals surface area contributed by atoms with E-state index in [1.807, 2.05) is 13.0 Å². The number of hydrogen-bond acceptors (Lipinski definition) is 6. The molecule has 1 aromatic carbocycles. The lowest BCUT2D eigenvalue weighted by molar-refractivity contribution is -0.0512. The molecule has 1 saturated heterocycles. The van der Waals surface area contributed by atoms with Crippen LogP contribution in [0.4, 0.5) is 14.7 Å². The molecule has 0 saturated carbocycles. The maximum atomic E-state index is 12.6. The first kappa shape index (κ1) is 25.8. The van der Waals surface area contributed by atoms with E-state index in [0.29, 0.717) is 13.0 Å². The number of benzene rings is 1. The average molecular weight is 562 g/mol. The van der Waals surface area contributed by atoms with Gasteiger partial charge in [-0.25, -0.2) is 9.97 Å². The summed E-state index contributed by atoms with van der Waals surface area (Å²) in [5.74, 6) is 1.89. The van der Waals surface area contributed by atoms with E-state index in [9.17, 15) is 8.78 Å². The van der Waals surface area contributed by atoms with Gasteiger partial charge in [-0.15, -0.1) is 24.0 Å². The highest BCUT2D eigenvalue weighted by Gasteiger charge is 2.21. The molecule has 1 aromatic heterocycles. The fourth-order valence-electron chi connectivity index (χ4n) is 3.35. The minimum atomic E-state index is -2.90. The number of ether oxygens (including phenoxy) is 2. The van der Waals surface area contributed by atoms with Gasteiger partial charge < -0.3 is 24.6 Å². The number of piperazine rings is 1. The Morgan fingerprint density at radius 3 is 2.50 bits per heavy atom. The second kappa shape index (κ2) is 13.2. The molecule has 2 heterocycles. The first-order valence-corrected chi connectivity index (χ1v) is 10.3. The smallest absolute Gasteiger partial charge is 0.387 e. The molecule has 0 radical (unpaired) electrons. The van der Waals surface area contributed by atoms with Gasteiger partial charge in [-0.05, 0) is 37.1 Å². The summed E-state index contributed by atoms with van der Waals surface area (Å²) in [5.41, 5.74) is 0.849. The molecule has 3 rings (SSSR count). The van der Waals surface area contributed by atoms with Crippen LogP contribution in [0, 0.1) is 0 Å². The number of nitrogens with one attached hydrogen (secondary N) is 1. The number of rotatable bonds is 8. The predicted octanol–water partition coefficient (Wildman–Crippen LogP) is 3.03. The summed E-state index contributed by atoms with van der Waals surface area (Å²) in [4.78, 5) is 17.7. The molecule has 1 fully saturated rings. The van der Waals surface area contributed by atoms with Crippen LogP contribution >= 0.6 is 24.0 Å². The zero-order valence-electron chi connectivity index (χ0n) is 18.2. The van der Waals surface area contributed by atoms with Gasteiger partial charge in [0.1, 0.15) is 0 Å². The standard InChI is InChI=1S/C21H28F2N6O2.HI/c1-3-24-20(28-11-13-29(14-12-28)21-25-8-4-9-26-21)27-10-7-16-5-6-17(30-2)18(15-16)31-19(22)23;/h4-6,8-9,15,19H,3,7,10-14H2,1-2H3,(H,24,27);1H. The maximum Gasteiger partial charge on any atom is 0.387 e. The summed E-state index contributed by atoms with van der Waals surface area (Å²) in [7, 11) is 1.42. The molecule has 0 atom stereocenters. The molecule has 1 aliphatic rings.